The molecule has 1 atom stereocenters. The molecule has 1 amide bonds. The monoisotopic (exact) mass is 463 g/mol. The number of carbonyl (C=O) groups excluding carboxylic acids is 1. The number of aliphatic hydroxyl groups is 1. The number of aromatic amines is 1. The van der Waals surface area contributed by atoms with Crippen LogP contribution in [0.4, 0.5) is 13.2 Å². The number of H-pyrrole nitrogens is 1. The van der Waals surface area contributed by atoms with Gasteiger partial charge in [0.2, 0.25) is 0 Å². The van der Waals surface area contributed by atoms with Gasteiger partial charge in [0.05, 0.1) is 29.4 Å². The average Bonchev–Trinajstić information content (AvgIpc) is 3.42. The molecular weight excluding hydrogens is 435 g/mol. The van der Waals surface area contributed by atoms with E-state index in [4.69, 9.17) is 0 Å². The Labute approximate surface area is 189 Å². The molecule has 1 unspecified atom stereocenters. The molecule has 1 aliphatic rings. The molecule has 4 rings (SSSR count). The third kappa shape index (κ3) is 5.94. The van der Waals surface area contributed by atoms with Crippen LogP contribution in [0.3, 0.4) is 0 Å². The zero-order valence-electron chi connectivity index (χ0n) is 18.3. The zero-order valence-corrected chi connectivity index (χ0v) is 18.3. The summed E-state index contributed by atoms with van der Waals surface area (Å²) in [6.07, 6.45) is 4.14. The molecule has 0 bridgehead atoms. The van der Waals surface area contributed by atoms with Crippen molar-refractivity contribution in [2.45, 2.75) is 62.9 Å². The van der Waals surface area contributed by atoms with Crippen LogP contribution in [0.25, 0.3) is 16.6 Å². The third-order valence-electron chi connectivity index (χ3n) is 6.11. The fraction of sp³-hybridized carbons (Fsp3) is 0.478. The number of aromatic nitrogens is 3. The Morgan fingerprint density at radius 2 is 1.97 bits per heavy atom. The van der Waals surface area contributed by atoms with E-state index < -0.39 is 18.2 Å². The Balaban J connectivity index is 1.34. The van der Waals surface area contributed by atoms with Gasteiger partial charge in [-0.2, -0.15) is 13.2 Å². The van der Waals surface area contributed by atoms with Crippen molar-refractivity contribution >= 4 is 16.8 Å². The Kier molecular flexibility index (Phi) is 6.49. The Morgan fingerprint density at radius 1 is 1.24 bits per heavy atom. The van der Waals surface area contributed by atoms with Crippen molar-refractivity contribution in [1.29, 1.82) is 0 Å². The summed E-state index contributed by atoms with van der Waals surface area (Å²) in [5.74, 6) is -0.172. The van der Waals surface area contributed by atoms with Gasteiger partial charge in [0.15, 0.2) is 0 Å². The van der Waals surface area contributed by atoms with Gasteiger partial charge in [-0.1, -0.05) is 0 Å². The lowest BCUT2D eigenvalue weighted by Crippen LogP contribution is -2.47. The highest BCUT2D eigenvalue weighted by atomic mass is 19.4. The molecule has 178 valence electrons. The van der Waals surface area contributed by atoms with Crippen LogP contribution in [-0.4, -0.2) is 56.0 Å². The van der Waals surface area contributed by atoms with Gasteiger partial charge in [0.1, 0.15) is 0 Å². The van der Waals surface area contributed by atoms with Gasteiger partial charge < -0.3 is 25.3 Å². The molecule has 7 nitrogen and oxygen atoms in total. The predicted molar refractivity (Wildman–Crippen MR) is 118 cm³/mol. The number of benzene rings is 1. The number of rotatable bonds is 7. The number of fused-ring (bicyclic) bond motifs is 1. The molecule has 1 fully saturated rings. The fourth-order valence-corrected chi connectivity index (χ4v) is 4.46. The summed E-state index contributed by atoms with van der Waals surface area (Å²) in [6.45, 7) is 1.07. The highest BCUT2D eigenvalue weighted by Crippen LogP contribution is 2.28. The van der Waals surface area contributed by atoms with Crippen LogP contribution in [0.15, 0.2) is 43.1 Å². The third-order valence-corrected chi connectivity index (χ3v) is 6.11. The first-order valence-corrected chi connectivity index (χ1v) is 11.0. The van der Waals surface area contributed by atoms with Crippen molar-refractivity contribution in [3.63, 3.8) is 0 Å². The number of halogens is 3. The first-order valence-electron chi connectivity index (χ1n) is 11.0. The lowest BCUT2D eigenvalue weighted by Gasteiger charge is -2.32. The second kappa shape index (κ2) is 9.18. The van der Waals surface area contributed by atoms with Crippen LogP contribution < -0.4 is 10.6 Å². The fourth-order valence-electron chi connectivity index (χ4n) is 4.46. The van der Waals surface area contributed by atoms with E-state index in [-0.39, 0.29) is 24.5 Å². The van der Waals surface area contributed by atoms with E-state index in [0.29, 0.717) is 31.2 Å². The largest absolute Gasteiger partial charge is 0.391 e. The molecule has 1 aromatic carbocycles. The molecular formula is C23H28F3N5O2. The van der Waals surface area contributed by atoms with Crippen LogP contribution in [0, 0.1) is 0 Å². The SMILES string of the molecule is CC(O)(CN[C@H]1CC[C@H](NC(=O)c2cc(-n3ccnc3)cc3cc[nH]c23)CC1)CC(F)(F)F. The van der Waals surface area contributed by atoms with Gasteiger partial charge in [-0.05, 0) is 50.8 Å². The topological polar surface area (TPSA) is 95.0 Å². The van der Waals surface area contributed by atoms with Gasteiger partial charge in [-0.25, -0.2) is 4.98 Å². The lowest BCUT2D eigenvalue weighted by atomic mass is 9.90. The van der Waals surface area contributed by atoms with Crippen molar-refractivity contribution in [3.05, 3.63) is 48.7 Å². The van der Waals surface area contributed by atoms with Crippen LogP contribution in [0.2, 0.25) is 0 Å². The quantitative estimate of drug-likeness (QED) is 0.430. The molecule has 0 aliphatic heterocycles. The molecule has 0 radical (unpaired) electrons. The molecule has 2 aromatic heterocycles. The first kappa shape index (κ1) is 23.3. The minimum Gasteiger partial charge on any atom is -0.389 e. The second-order valence-corrected chi connectivity index (χ2v) is 9.10. The maximum absolute atomic E-state index is 13.1. The van der Waals surface area contributed by atoms with Crippen molar-refractivity contribution in [1.82, 2.24) is 25.2 Å². The van der Waals surface area contributed by atoms with E-state index in [1.807, 2.05) is 29.0 Å². The molecule has 1 aliphatic carbocycles. The highest BCUT2D eigenvalue weighted by molar-refractivity contribution is 6.06. The van der Waals surface area contributed by atoms with Crippen molar-refractivity contribution < 1.29 is 23.1 Å². The number of nitrogens with one attached hydrogen (secondary N) is 3. The average molecular weight is 464 g/mol. The molecule has 10 heteroatoms. The maximum atomic E-state index is 13.1. The number of carbonyl (C=O) groups is 1. The number of imidazole rings is 1. The number of hydrogen-bond acceptors (Lipinski definition) is 4. The van der Waals surface area contributed by atoms with Crippen LogP contribution in [0.1, 0.15) is 49.4 Å². The van der Waals surface area contributed by atoms with Gasteiger partial charge in [0.25, 0.3) is 5.91 Å². The first-order chi connectivity index (χ1) is 15.6. The Bertz CT molecular complexity index is 1080. The van der Waals surface area contributed by atoms with E-state index in [1.165, 1.54) is 6.92 Å². The smallest absolute Gasteiger partial charge is 0.389 e. The Morgan fingerprint density at radius 3 is 2.64 bits per heavy atom. The van der Waals surface area contributed by atoms with Gasteiger partial charge in [-0.15, -0.1) is 0 Å². The number of hydrogen-bond donors (Lipinski definition) is 4. The molecule has 0 spiro atoms. The van der Waals surface area contributed by atoms with Gasteiger partial charge in [0, 0.05) is 48.3 Å². The number of nitrogens with zero attached hydrogens (tertiary/aromatic N) is 2. The maximum Gasteiger partial charge on any atom is 0.391 e. The van der Waals surface area contributed by atoms with Crippen molar-refractivity contribution in [2.75, 3.05) is 6.54 Å². The lowest BCUT2D eigenvalue weighted by molar-refractivity contribution is -0.171. The second-order valence-electron chi connectivity index (χ2n) is 9.10. The van der Waals surface area contributed by atoms with Crippen molar-refractivity contribution in [3.8, 4) is 5.69 Å². The number of amides is 1. The molecule has 3 aromatic rings. The van der Waals surface area contributed by atoms with Crippen LogP contribution in [-0.2, 0) is 0 Å². The zero-order chi connectivity index (χ0) is 23.6. The Hall–Kier alpha value is -2.85. The summed E-state index contributed by atoms with van der Waals surface area (Å²) in [5, 5.41) is 17.1. The molecule has 0 saturated heterocycles. The molecule has 4 N–H and O–H groups in total. The summed E-state index contributed by atoms with van der Waals surface area (Å²) < 4.78 is 39.6. The van der Waals surface area contributed by atoms with E-state index in [0.717, 1.165) is 16.6 Å². The molecule has 1 saturated carbocycles. The van der Waals surface area contributed by atoms with Crippen LogP contribution in [0.5, 0.6) is 0 Å². The summed E-state index contributed by atoms with van der Waals surface area (Å²) in [4.78, 5) is 20.3. The predicted octanol–water partition coefficient (Wildman–Crippen LogP) is 3.69. The van der Waals surface area contributed by atoms with E-state index in [9.17, 15) is 23.1 Å². The summed E-state index contributed by atoms with van der Waals surface area (Å²) >= 11 is 0. The standard InChI is InChI=1S/C23H28F3N5O2/c1-22(33,12-23(24,25)26)13-29-16-2-4-17(5-3-16)30-21(32)19-11-18(31-9-8-27-14-31)10-15-6-7-28-20(15)19/h6-11,14,16-17,28-29,33H,2-5,12-13H2,1H3,(H,30,32)/t16-,17-,22?. The van der Waals surface area contributed by atoms with E-state index in [1.54, 1.807) is 18.7 Å². The normalized spacial score (nSPS) is 21.1. The van der Waals surface area contributed by atoms with E-state index >= 15 is 0 Å². The summed E-state index contributed by atoms with van der Waals surface area (Å²) in [7, 11) is 0. The summed E-state index contributed by atoms with van der Waals surface area (Å²) in [5.41, 5.74) is 0.303. The minimum absolute atomic E-state index is 0.0116. The van der Waals surface area contributed by atoms with Gasteiger partial charge in [-0.3, -0.25) is 4.79 Å². The number of alkyl halides is 3. The van der Waals surface area contributed by atoms with Gasteiger partial charge >= 0.3 is 6.18 Å². The minimum atomic E-state index is -4.41. The van der Waals surface area contributed by atoms with E-state index in [2.05, 4.69) is 20.6 Å². The van der Waals surface area contributed by atoms with Crippen molar-refractivity contribution in [2.24, 2.45) is 0 Å². The summed E-state index contributed by atoms with van der Waals surface area (Å²) in [6, 6.07) is 5.71. The highest BCUT2D eigenvalue weighted by Gasteiger charge is 2.38. The molecule has 2 heterocycles. The molecule has 33 heavy (non-hydrogen) atoms. The van der Waals surface area contributed by atoms with Crippen LogP contribution >= 0.6 is 0 Å².